The van der Waals surface area contributed by atoms with Crippen LogP contribution < -0.4 is 10.6 Å². The summed E-state index contributed by atoms with van der Waals surface area (Å²) in [5, 5.41) is 6.34. The molecule has 0 radical (unpaired) electrons. The lowest BCUT2D eigenvalue weighted by Crippen LogP contribution is -2.45. The van der Waals surface area contributed by atoms with Crippen LogP contribution in [-0.2, 0) is 15.1 Å². The van der Waals surface area contributed by atoms with Gasteiger partial charge in [0.25, 0.3) is 5.91 Å². The number of para-hydroxylation sites is 1. The fourth-order valence-corrected chi connectivity index (χ4v) is 3.15. The Hall–Kier alpha value is -2.83. The number of fused-ring (bicyclic) bond motifs is 1. The number of furan rings is 1. The minimum absolute atomic E-state index is 0.0324. The van der Waals surface area contributed by atoms with E-state index in [1.807, 2.05) is 32.0 Å². The van der Waals surface area contributed by atoms with Gasteiger partial charge in [-0.05, 0) is 31.9 Å². The van der Waals surface area contributed by atoms with Crippen LogP contribution in [0.15, 0.2) is 34.7 Å². The number of amides is 4. The number of hydrogen-bond acceptors (Lipinski definition) is 4. The van der Waals surface area contributed by atoms with Crippen LogP contribution in [0.25, 0.3) is 11.0 Å². The van der Waals surface area contributed by atoms with Gasteiger partial charge < -0.3 is 15.1 Å². The molecule has 7 nitrogen and oxygen atoms in total. The Balaban J connectivity index is 1.80. The molecule has 4 amide bonds. The van der Waals surface area contributed by atoms with E-state index in [1.54, 1.807) is 19.1 Å². The molecule has 0 bridgehead atoms. The van der Waals surface area contributed by atoms with Crippen LogP contribution in [0, 0.1) is 0 Å². The molecule has 1 saturated heterocycles. The summed E-state index contributed by atoms with van der Waals surface area (Å²) in [5.41, 5.74) is -0.693. The Kier molecular flexibility index (Phi) is 4.71. The second kappa shape index (κ2) is 6.82. The van der Waals surface area contributed by atoms with Crippen LogP contribution in [0.5, 0.6) is 0 Å². The highest BCUT2D eigenvalue weighted by atomic mass is 16.3. The van der Waals surface area contributed by atoms with Gasteiger partial charge in [0.15, 0.2) is 5.54 Å². The quantitative estimate of drug-likeness (QED) is 0.777. The Morgan fingerprint density at radius 3 is 2.62 bits per heavy atom. The molecule has 2 N–H and O–H groups in total. The third-order valence-electron chi connectivity index (χ3n) is 4.85. The summed E-state index contributed by atoms with van der Waals surface area (Å²) in [6.07, 6.45) is 1.58. The average Bonchev–Trinajstić information content (AvgIpc) is 3.16. The molecular formula is C19H23N3O4. The van der Waals surface area contributed by atoms with E-state index in [0.29, 0.717) is 11.3 Å². The van der Waals surface area contributed by atoms with Gasteiger partial charge in [-0.2, -0.15) is 0 Å². The third-order valence-corrected chi connectivity index (χ3v) is 4.85. The summed E-state index contributed by atoms with van der Waals surface area (Å²) in [7, 11) is 0. The second-order valence-corrected chi connectivity index (χ2v) is 6.68. The molecule has 1 atom stereocenters. The molecule has 0 aliphatic carbocycles. The van der Waals surface area contributed by atoms with Gasteiger partial charge in [-0.15, -0.1) is 0 Å². The van der Waals surface area contributed by atoms with Gasteiger partial charge in [-0.3, -0.25) is 14.5 Å². The molecule has 1 aliphatic rings. The Labute approximate surface area is 151 Å². The van der Waals surface area contributed by atoms with Crippen LogP contribution in [0.1, 0.15) is 39.4 Å². The lowest BCUT2D eigenvalue weighted by Gasteiger charge is -2.20. The smallest absolute Gasteiger partial charge is 0.325 e. The molecule has 7 heteroatoms. The van der Waals surface area contributed by atoms with Gasteiger partial charge in [-0.25, -0.2) is 4.79 Å². The highest BCUT2D eigenvalue weighted by Crippen LogP contribution is 2.32. The summed E-state index contributed by atoms with van der Waals surface area (Å²) in [6, 6.07) is 8.54. The highest BCUT2D eigenvalue weighted by Gasteiger charge is 2.51. The first-order valence-corrected chi connectivity index (χ1v) is 8.81. The van der Waals surface area contributed by atoms with Crippen molar-refractivity contribution in [2.24, 2.45) is 0 Å². The fourth-order valence-electron chi connectivity index (χ4n) is 3.15. The summed E-state index contributed by atoms with van der Waals surface area (Å²) < 4.78 is 5.76. The van der Waals surface area contributed by atoms with Crippen molar-refractivity contribution in [1.82, 2.24) is 15.5 Å². The lowest BCUT2D eigenvalue weighted by molar-refractivity contribution is -0.135. The maximum atomic E-state index is 12.9. The molecule has 1 aromatic heterocycles. The molecule has 3 rings (SSSR count). The van der Waals surface area contributed by atoms with Gasteiger partial charge in [0.2, 0.25) is 5.91 Å². The first-order chi connectivity index (χ1) is 12.4. The number of hydrogen-bond donors (Lipinski definition) is 2. The lowest BCUT2D eigenvalue weighted by atomic mass is 9.99. The first kappa shape index (κ1) is 18.0. The SMILES string of the molecule is CCC(CC)NC(=O)CN1C(=O)NC(C)(c2cc3ccccc3o2)C1=O. The summed E-state index contributed by atoms with van der Waals surface area (Å²) in [4.78, 5) is 38.3. The second-order valence-electron chi connectivity index (χ2n) is 6.68. The number of carbonyl (C=O) groups is 3. The standard InChI is InChI=1S/C19H23N3O4/c1-4-13(5-2)20-16(23)11-22-17(24)19(3,21-18(22)25)15-10-12-8-6-7-9-14(12)26-15/h6-10,13H,4-5,11H2,1-3H3,(H,20,23)(H,21,25). The van der Waals surface area contributed by atoms with Gasteiger partial charge in [0.05, 0.1) is 0 Å². The molecule has 2 heterocycles. The fraction of sp³-hybridized carbons (Fsp3) is 0.421. The molecule has 1 aromatic carbocycles. The van der Waals surface area contributed by atoms with E-state index in [1.165, 1.54) is 0 Å². The summed E-state index contributed by atoms with van der Waals surface area (Å²) >= 11 is 0. The summed E-state index contributed by atoms with van der Waals surface area (Å²) in [6.45, 7) is 5.22. The van der Waals surface area contributed by atoms with E-state index in [4.69, 9.17) is 4.42 Å². The first-order valence-electron chi connectivity index (χ1n) is 8.81. The molecule has 26 heavy (non-hydrogen) atoms. The van der Waals surface area contributed by atoms with Crippen molar-refractivity contribution in [3.05, 3.63) is 36.1 Å². The number of imide groups is 1. The van der Waals surface area contributed by atoms with Crippen molar-refractivity contribution in [2.45, 2.75) is 45.2 Å². The van der Waals surface area contributed by atoms with Crippen LogP contribution in [0.4, 0.5) is 4.79 Å². The zero-order valence-electron chi connectivity index (χ0n) is 15.2. The van der Waals surface area contributed by atoms with Crippen LogP contribution in [0.2, 0.25) is 0 Å². The molecule has 138 valence electrons. The van der Waals surface area contributed by atoms with E-state index in [9.17, 15) is 14.4 Å². The Morgan fingerprint density at radius 1 is 1.27 bits per heavy atom. The molecule has 2 aromatic rings. The monoisotopic (exact) mass is 357 g/mol. The highest BCUT2D eigenvalue weighted by molar-refractivity contribution is 6.09. The van der Waals surface area contributed by atoms with Crippen molar-refractivity contribution < 1.29 is 18.8 Å². The molecule has 0 saturated carbocycles. The number of rotatable bonds is 6. The van der Waals surface area contributed by atoms with Crippen molar-refractivity contribution in [2.75, 3.05) is 6.54 Å². The van der Waals surface area contributed by atoms with E-state index < -0.39 is 17.5 Å². The maximum Gasteiger partial charge on any atom is 0.325 e. The van der Waals surface area contributed by atoms with Gasteiger partial charge in [0.1, 0.15) is 17.9 Å². The van der Waals surface area contributed by atoms with Gasteiger partial charge >= 0.3 is 6.03 Å². The molecule has 1 unspecified atom stereocenters. The van der Waals surface area contributed by atoms with E-state index >= 15 is 0 Å². The van der Waals surface area contributed by atoms with Crippen molar-refractivity contribution in [3.8, 4) is 0 Å². The Bertz CT molecular complexity index is 822. The van der Waals surface area contributed by atoms with Gasteiger partial charge in [0, 0.05) is 11.4 Å². The van der Waals surface area contributed by atoms with Gasteiger partial charge in [-0.1, -0.05) is 32.0 Å². The number of benzene rings is 1. The van der Waals surface area contributed by atoms with Crippen molar-refractivity contribution >= 4 is 28.8 Å². The van der Waals surface area contributed by atoms with Crippen LogP contribution in [0.3, 0.4) is 0 Å². The molecular weight excluding hydrogens is 334 g/mol. The number of urea groups is 1. The molecule has 1 fully saturated rings. The zero-order valence-corrected chi connectivity index (χ0v) is 15.2. The predicted molar refractivity (Wildman–Crippen MR) is 96.3 cm³/mol. The normalized spacial score (nSPS) is 20.1. The predicted octanol–water partition coefficient (Wildman–Crippen LogP) is 2.50. The molecule has 1 aliphatic heterocycles. The zero-order chi connectivity index (χ0) is 18.9. The van der Waals surface area contributed by atoms with E-state index in [-0.39, 0.29) is 18.5 Å². The number of carbonyl (C=O) groups excluding carboxylic acids is 3. The van der Waals surface area contributed by atoms with Crippen LogP contribution >= 0.6 is 0 Å². The topological polar surface area (TPSA) is 91.7 Å². The average molecular weight is 357 g/mol. The van der Waals surface area contributed by atoms with E-state index in [0.717, 1.165) is 23.1 Å². The minimum Gasteiger partial charge on any atom is -0.458 e. The largest absolute Gasteiger partial charge is 0.458 e. The van der Waals surface area contributed by atoms with Crippen molar-refractivity contribution in [1.29, 1.82) is 0 Å². The summed E-state index contributed by atoms with van der Waals surface area (Å²) in [5.74, 6) is -0.503. The van der Waals surface area contributed by atoms with Crippen LogP contribution in [-0.4, -0.2) is 35.3 Å². The number of nitrogens with zero attached hydrogens (tertiary/aromatic N) is 1. The maximum absolute atomic E-state index is 12.9. The van der Waals surface area contributed by atoms with Crippen molar-refractivity contribution in [3.63, 3.8) is 0 Å². The Morgan fingerprint density at radius 2 is 1.96 bits per heavy atom. The molecule has 0 spiro atoms. The van der Waals surface area contributed by atoms with E-state index in [2.05, 4.69) is 10.6 Å². The third kappa shape index (κ3) is 3.05. The minimum atomic E-state index is -1.33. The number of nitrogens with one attached hydrogen (secondary N) is 2.